The fraction of sp³-hybridized carbons (Fsp3) is 0.538. The van der Waals surface area contributed by atoms with E-state index in [4.69, 9.17) is 0 Å². The maximum Gasteiger partial charge on any atom is 0.423 e. The number of nitrogens with one attached hydrogen (secondary N) is 1. The highest BCUT2D eigenvalue weighted by atomic mass is 19.4. The van der Waals surface area contributed by atoms with Crippen LogP contribution in [0.25, 0.3) is 0 Å². The Morgan fingerprint density at radius 1 is 1.00 bits per heavy atom. The van der Waals surface area contributed by atoms with Crippen molar-refractivity contribution >= 4 is 0 Å². The normalized spacial score (nSPS) is 14.5. The molecule has 0 fully saturated rings. The first-order chi connectivity index (χ1) is 9.66. The van der Waals surface area contributed by atoms with Gasteiger partial charge in [0.25, 0.3) is 0 Å². The summed E-state index contributed by atoms with van der Waals surface area (Å²) in [6.07, 6.45) is -14.8. The minimum Gasteiger partial charge on any atom is -0.359 e. The van der Waals surface area contributed by atoms with E-state index >= 15 is 0 Å². The van der Waals surface area contributed by atoms with Crippen molar-refractivity contribution in [3.63, 3.8) is 0 Å². The van der Waals surface area contributed by atoms with E-state index in [0.29, 0.717) is 12.1 Å². The van der Waals surface area contributed by atoms with Gasteiger partial charge in [0, 0.05) is 0 Å². The Labute approximate surface area is 118 Å². The van der Waals surface area contributed by atoms with Crippen molar-refractivity contribution in [2.24, 2.45) is 0 Å². The van der Waals surface area contributed by atoms with E-state index in [0.717, 1.165) is 0 Å². The molecule has 120 valence electrons. The van der Waals surface area contributed by atoms with E-state index in [2.05, 4.69) is 10.1 Å². The van der Waals surface area contributed by atoms with Crippen molar-refractivity contribution < 1.29 is 31.1 Å². The molecule has 0 heterocycles. The van der Waals surface area contributed by atoms with Gasteiger partial charge in [0.15, 0.2) is 0 Å². The van der Waals surface area contributed by atoms with Gasteiger partial charge >= 0.3 is 12.4 Å². The Morgan fingerprint density at radius 2 is 1.52 bits per heavy atom. The van der Waals surface area contributed by atoms with Crippen molar-refractivity contribution in [3.8, 4) is 0 Å². The summed E-state index contributed by atoms with van der Waals surface area (Å²) >= 11 is 0. The number of alkyl halides is 6. The third kappa shape index (κ3) is 5.55. The van der Waals surface area contributed by atoms with Crippen LogP contribution in [0.15, 0.2) is 30.3 Å². The minimum absolute atomic E-state index is 0.381. The van der Waals surface area contributed by atoms with Gasteiger partial charge in [-0.3, -0.25) is 0 Å². The van der Waals surface area contributed by atoms with E-state index in [1.54, 1.807) is 37.3 Å². The van der Waals surface area contributed by atoms with Crippen molar-refractivity contribution in [1.82, 2.24) is 5.32 Å². The largest absolute Gasteiger partial charge is 0.423 e. The molecule has 0 radical (unpaired) electrons. The first kappa shape index (κ1) is 17.8. The molecule has 1 aromatic rings. The Hall–Kier alpha value is -1.28. The zero-order valence-corrected chi connectivity index (χ0v) is 11.1. The van der Waals surface area contributed by atoms with Crippen molar-refractivity contribution in [1.29, 1.82) is 0 Å². The van der Waals surface area contributed by atoms with Gasteiger partial charge in [0.1, 0.15) is 0 Å². The molecule has 1 N–H and O–H groups in total. The predicted octanol–water partition coefficient (Wildman–Crippen LogP) is 3.85. The molecule has 1 rings (SSSR count). The average molecular weight is 315 g/mol. The second-order valence-corrected chi connectivity index (χ2v) is 4.32. The molecule has 0 amide bonds. The number of hydrogen-bond acceptors (Lipinski definition) is 2. The lowest BCUT2D eigenvalue weighted by Gasteiger charge is -2.26. The Bertz CT molecular complexity index is 403. The molecule has 0 saturated heterocycles. The molecular formula is C13H15F6NO. The molecule has 8 heteroatoms. The summed E-state index contributed by atoms with van der Waals surface area (Å²) in [5, 5.41) is 2.80. The summed E-state index contributed by atoms with van der Waals surface area (Å²) in [6, 6.07) is 7.44. The molecule has 1 aromatic carbocycles. The van der Waals surface area contributed by atoms with Gasteiger partial charge in [-0.15, -0.1) is 0 Å². The third-order valence-corrected chi connectivity index (χ3v) is 2.68. The van der Waals surface area contributed by atoms with Crippen LogP contribution in [0.4, 0.5) is 26.3 Å². The molecule has 1 unspecified atom stereocenters. The summed E-state index contributed by atoms with van der Waals surface area (Å²) in [5.74, 6) is 0. The smallest absolute Gasteiger partial charge is 0.359 e. The number of benzene rings is 1. The monoisotopic (exact) mass is 315 g/mol. The molecule has 0 aliphatic rings. The van der Waals surface area contributed by atoms with Crippen LogP contribution in [0, 0.1) is 0 Å². The summed E-state index contributed by atoms with van der Waals surface area (Å²) in [4.78, 5) is 0. The second-order valence-electron chi connectivity index (χ2n) is 4.32. The molecule has 0 bridgehead atoms. The van der Waals surface area contributed by atoms with Crippen molar-refractivity contribution in [2.75, 3.05) is 13.2 Å². The molecule has 2 nitrogen and oxygen atoms in total. The molecule has 0 aliphatic carbocycles. The molecular weight excluding hydrogens is 300 g/mol. The summed E-state index contributed by atoms with van der Waals surface area (Å²) < 4.78 is 78.5. The molecule has 0 aliphatic heterocycles. The van der Waals surface area contributed by atoms with Gasteiger partial charge in [-0.1, -0.05) is 37.3 Å². The molecule has 0 saturated carbocycles. The predicted molar refractivity (Wildman–Crippen MR) is 64.7 cm³/mol. The molecule has 0 aromatic heterocycles. The average Bonchev–Trinajstić information content (AvgIpc) is 2.35. The van der Waals surface area contributed by atoms with Crippen LogP contribution >= 0.6 is 0 Å². The fourth-order valence-electron chi connectivity index (χ4n) is 1.77. The van der Waals surface area contributed by atoms with Gasteiger partial charge in [0.05, 0.1) is 12.6 Å². The molecule has 21 heavy (non-hydrogen) atoms. The van der Waals surface area contributed by atoms with Gasteiger partial charge in [0.2, 0.25) is 6.10 Å². The van der Waals surface area contributed by atoms with Crippen molar-refractivity contribution in [2.45, 2.75) is 31.4 Å². The Kier molecular flexibility index (Phi) is 6.03. The SMILES string of the molecule is CCNC(COC(C(F)(F)F)C(F)(F)F)c1ccccc1. The van der Waals surface area contributed by atoms with Crippen molar-refractivity contribution in [3.05, 3.63) is 35.9 Å². The quantitative estimate of drug-likeness (QED) is 0.805. The van der Waals surface area contributed by atoms with Gasteiger partial charge in [-0.25, -0.2) is 0 Å². The van der Waals surface area contributed by atoms with E-state index in [-0.39, 0.29) is 0 Å². The zero-order valence-electron chi connectivity index (χ0n) is 11.1. The highest BCUT2D eigenvalue weighted by Gasteiger charge is 2.58. The van der Waals surface area contributed by atoms with E-state index in [1.807, 2.05) is 0 Å². The second kappa shape index (κ2) is 7.13. The van der Waals surface area contributed by atoms with Crippen LogP contribution in [0.2, 0.25) is 0 Å². The molecule has 0 spiro atoms. The highest BCUT2D eigenvalue weighted by molar-refractivity contribution is 5.18. The van der Waals surface area contributed by atoms with E-state index in [1.165, 1.54) is 0 Å². The van der Waals surface area contributed by atoms with Crippen LogP contribution < -0.4 is 5.32 Å². The summed E-state index contributed by atoms with van der Waals surface area (Å²) in [5.41, 5.74) is 0.558. The Morgan fingerprint density at radius 3 is 1.95 bits per heavy atom. The van der Waals surface area contributed by atoms with Crippen LogP contribution in [0.5, 0.6) is 0 Å². The third-order valence-electron chi connectivity index (χ3n) is 2.68. The number of likely N-dealkylation sites (N-methyl/N-ethyl adjacent to an activating group) is 1. The van der Waals surface area contributed by atoms with Crippen LogP contribution in [0.3, 0.4) is 0 Å². The van der Waals surface area contributed by atoms with Gasteiger partial charge in [-0.05, 0) is 12.1 Å². The van der Waals surface area contributed by atoms with Gasteiger partial charge < -0.3 is 10.1 Å². The number of hydrogen-bond donors (Lipinski definition) is 1. The van der Waals surface area contributed by atoms with Gasteiger partial charge in [-0.2, -0.15) is 26.3 Å². The molecule has 1 atom stereocenters. The maximum absolute atomic E-state index is 12.4. The lowest BCUT2D eigenvalue weighted by molar-refractivity contribution is -0.322. The number of rotatable bonds is 6. The fourth-order valence-corrected chi connectivity index (χ4v) is 1.77. The minimum atomic E-state index is -5.49. The Balaban J connectivity index is 2.80. The number of halogens is 6. The lowest BCUT2D eigenvalue weighted by Crippen LogP contribution is -2.45. The lowest BCUT2D eigenvalue weighted by atomic mass is 10.1. The topological polar surface area (TPSA) is 21.3 Å². The van der Waals surface area contributed by atoms with E-state index < -0.39 is 31.1 Å². The number of ether oxygens (including phenoxy) is 1. The van der Waals surface area contributed by atoms with E-state index in [9.17, 15) is 26.3 Å². The zero-order chi connectivity index (χ0) is 16.1. The highest BCUT2D eigenvalue weighted by Crippen LogP contribution is 2.36. The van der Waals surface area contributed by atoms with Crippen LogP contribution in [-0.4, -0.2) is 31.6 Å². The summed E-state index contributed by atoms with van der Waals surface area (Å²) in [6.45, 7) is 1.34. The summed E-state index contributed by atoms with van der Waals surface area (Å²) in [7, 11) is 0. The first-order valence-corrected chi connectivity index (χ1v) is 6.19. The standard InChI is InChI=1S/C13H15F6NO/c1-2-20-10(9-6-4-3-5-7-9)8-21-11(12(14,15)16)13(17,18)19/h3-7,10-11,20H,2,8H2,1H3. The van der Waals surface area contributed by atoms with Crippen LogP contribution in [-0.2, 0) is 4.74 Å². The van der Waals surface area contributed by atoms with Crippen LogP contribution in [0.1, 0.15) is 18.5 Å². The maximum atomic E-state index is 12.4. The first-order valence-electron chi connectivity index (χ1n) is 6.19.